The molecule has 6 nitrogen and oxygen atoms in total. The van der Waals surface area contributed by atoms with Crippen LogP contribution in [0.3, 0.4) is 0 Å². The van der Waals surface area contributed by atoms with Gasteiger partial charge in [0.25, 0.3) is 5.91 Å². The average Bonchev–Trinajstić information content (AvgIpc) is 2.85. The number of nitrogens with zero attached hydrogens (tertiary/aromatic N) is 1. The third-order valence-corrected chi connectivity index (χ3v) is 3.48. The Morgan fingerprint density at radius 3 is 2.52 bits per heavy atom. The molecule has 1 aromatic rings. The maximum Gasteiger partial charge on any atom is 0.328 e. The van der Waals surface area contributed by atoms with E-state index >= 15 is 0 Å². The van der Waals surface area contributed by atoms with Crippen LogP contribution < -0.4 is 11.1 Å². The average molecular weight is 313 g/mol. The summed E-state index contributed by atoms with van der Waals surface area (Å²) in [5, 5.41) is 5.02. The van der Waals surface area contributed by atoms with E-state index in [0.717, 1.165) is 0 Å². The number of thiazole rings is 1. The predicted molar refractivity (Wildman–Crippen MR) is 81.9 cm³/mol. The van der Waals surface area contributed by atoms with Crippen LogP contribution in [0.2, 0.25) is 0 Å². The van der Waals surface area contributed by atoms with Crippen molar-refractivity contribution < 1.29 is 14.3 Å². The van der Waals surface area contributed by atoms with Gasteiger partial charge in [0.2, 0.25) is 0 Å². The fraction of sp³-hybridized carbons (Fsp3) is 0.643. The van der Waals surface area contributed by atoms with Gasteiger partial charge in [-0.2, -0.15) is 0 Å². The van der Waals surface area contributed by atoms with Crippen LogP contribution in [0.5, 0.6) is 0 Å². The minimum Gasteiger partial charge on any atom is -0.461 e. The van der Waals surface area contributed by atoms with Gasteiger partial charge in [0.05, 0.1) is 6.10 Å². The molecule has 0 aliphatic carbocycles. The second-order valence-electron chi connectivity index (χ2n) is 5.47. The first-order chi connectivity index (χ1) is 9.83. The van der Waals surface area contributed by atoms with Crippen molar-refractivity contribution in [2.45, 2.75) is 52.8 Å². The molecule has 1 aromatic heterocycles. The molecule has 0 saturated heterocycles. The molecule has 0 bridgehead atoms. The van der Waals surface area contributed by atoms with E-state index in [0.29, 0.717) is 18.0 Å². The molecular formula is C14H23N3O3S. The Kier molecular flexibility index (Phi) is 6.77. The van der Waals surface area contributed by atoms with E-state index in [1.807, 2.05) is 13.8 Å². The second kappa shape index (κ2) is 8.09. The highest BCUT2D eigenvalue weighted by molar-refractivity contribution is 7.09. The minimum absolute atomic E-state index is 0.216. The zero-order valence-corrected chi connectivity index (χ0v) is 13.7. The van der Waals surface area contributed by atoms with Gasteiger partial charge in [0.1, 0.15) is 16.7 Å². The first kappa shape index (κ1) is 17.6. The zero-order chi connectivity index (χ0) is 16.0. The minimum atomic E-state index is -0.664. The van der Waals surface area contributed by atoms with Gasteiger partial charge >= 0.3 is 5.97 Å². The van der Waals surface area contributed by atoms with Gasteiger partial charge < -0.3 is 15.8 Å². The highest BCUT2D eigenvalue weighted by Gasteiger charge is 2.25. The lowest BCUT2D eigenvalue weighted by Crippen LogP contribution is -2.43. The maximum atomic E-state index is 12.1. The van der Waals surface area contributed by atoms with Gasteiger partial charge in [0, 0.05) is 11.9 Å². The molecule has 0 saturated carbocycles. The van der Waals surface area contributed by atoms with Crippen LogP contribution in [0, 0.1) is 5.92 Å². The number of rotatable bonds is 7. The summed E-state index contributed by atoms with van der Waals surface area (Å²) in [4.78, 5) is 28.3. The molecule has 0 aliphatic rings. The summed E-state index contributed by atoms with van der Waals surface area (Å²) in [5.41, 5.74) is 5.76. The molecule has 1 amide bonds. The molecular weight excluding hydrogens is 290 g/mol. The van der Waals surface area contributed by atoms with Gasteiger partial charge in [-0.15, -0.1) is 11.3 Å². The Hall–Kier alpha value is -1.47. The van der Waals surface area contributed by atoms with Gasteiger partial charge in [-0.05, 0) is 26.2 Å². The number of ether oxygens (including phenoxy) is 1. The molecule has 118 valence electrons. The summed E-state index contributed by atoms with van der Waals surface area (Å²) < 4.78 is 5.18. The van der Waals surface area contributed by atoms with Crippen molar-refractivity contribution in [3.05, 3.63) is 16.1 Å². The van der Waals surface area contributed by atoms with Crippen LogP contribution in [0.1, 0.15) is 49.6 Å². The summed E-state index contributed by atoms with van der Waals surface area (Å²) in [5.74, 6) is -0.538. The van der Waals surface area contributed by atoms with Gasteiger partial charge in [-0.25, -0.2) is 9.78 Å². The highest BCUT2D eigenvalue weighted by Crippen LogP contribution is 2.11. The molecule has 1 heterocycles. The number of hydrogen-bond acceptors (Lipinski definition) is 6. The Labute approximate surface area is 129 Å². The number of esters is 1. The lowest BCUT2D eigenvalue weighted by atomic mass is 10.0. The van der Waals surface area contributed by atoms with Gasteiger partial charge in [0.15, 0.2) is 0 Å². The first-order valence-electron chi connectivity index (χ1n) is 6.99. The summed E-state index contributed by atoms with van der Waals surface area (Å²) in [6.45, 7) is 7.82. The topological polar surface area (TPSA) is 94.3 Å². The van der Waals surface area contributed by atoms with Gasteiger partial charge in [-0.3, -0.25) is 4.79 Å². The molecule has 0 fully saturated rings. The van der Waals surface area contributed by atoms with E-state index in [-0.39, 0.29) is 23.6 Å². The SMILES string of the molecule is CC(C)C[C@H](NC(=O)c1csc(CN)n1)C(=O)OC(C)C. The fourth-order valence-corrected chi connectivity index (χ4v) is 2.40. The standard InChI is InChI=1S/C14H23N3O3S/c1-8(2)5-10(14(19)20-9(3)4)17-13(18)11-7-21-12(6-15)16-11/h7-10H,5-6,15H2,1-4H3,(H,17,18)/t10-/m0/s1. The third kappa shape index (κ3) is 5.81. The number of hydrogen-bond donors (Lipinski definition) is 2. The van der Waals surface area contributed by atoms with Crippen molar-refractivity contribution in [2.75, 3.05) is 0 Å². The van der Waals surface area contributed by atoms with Crippen LogP contribution in [-0.4, -0.2) is 29.0 Å². The molecule has 0 spiro atoms. The van der Waals surface area contributed by atoms with Crippen molar-refractivity contribution >= 4 is 23.2 Å². The van der Waals surface area contributed by atoms with E-state index in [2.05, 4.69) is 10.3 Å². The molecule has 0 aromatic carbocycles. The summed E-state index contributed by atoms with van der Waals surface area (Å²) >= 11 is 1.32. The van der Waals surface area contributed by atoms with Crippen molar-refractivity contribution in [3.8, 4) is 0 Å². The van der Waals surface area contributed by atoms with Crippen LogP contribution >= 0.6 is 11.3 Å². The van der Waals surface area contributed by atoms with Crippen LogP contribution in [-0.2, 0) is 16.1 Å². The Bertz CT molecular complexity index is 486. The Morgan fingerprint density at radius 1 is 1.38 bits per heavy atom. The Balaban J connectivity index is 2.75. The van der Waals surface area contributed by atoms with Crippen LogP contribution in [0.4, 0.5) is 0 Å². The largest absolute Gasteiger partial charge is 0.461 e. The highest BCUT2D eigenvalue weighted by atomic mass is 32.1. The molecule has 7 heteroatoms. The van der Waals surface area contributed by atoms with Crippen molar-refractivity contribution in [1.82, 2.24) is 10.3 Å². The lowest BCUT2D eigenvalue weighted by molar-refractivity contribution is -0.150. The fourth-order valence-electron chi connectivity index (χ4n) is 1.74. The summed E-state index contributed by atoms with van der Waals surface area (Å²) in [6.07, 6.45) is 0.303. The van der Waals surface area contributed by atoms with Crippen molar-refractivity contribution in [2.24, 2.45) is 11.7 Å². The number of nitrogens with two attached hydrogens (primary N) is 1. The second-order valence-corrected chi connectivity index (χ2v) is 6.41. The molecule has 0 radical (unpaired) electrons. The van der Waals surface area contributed by atoms with E-state index in [4.69, 9.17) is 10.5 Å². The Morgan fingerprint density at radius 2 is 2.05 bits per heavy atom. The van der Waals surface area contributed by atoms with E-state index in [1.54, 1.807) is 19.2 Å². The number of amides is 1. The molecule has 1 atom stereocenters. The maximum absolute atomic E-state index is 12.1. The molecule has 0 unspecified atom stereocenters. The monoisotopic (exact) mass is 313 g/mol. The first-order valence-corrected chi connectivity index (χ1v) is 7.87. The van der Waals surface area contributed by atoms with Gasteiger partial charge in [-0.1, -0.05) is 13.8 Å². The predicted octanol–water partition coefficient (Wildman–Crippen LogP) is 1.70. The van der Waals surface area contributed by atoms with E-state index < -0.39 is 12.0 Å². The zero-order valence-electron chi connectivity index (χ0n) is 12.9. The van der Waals surface area contributed by atoms with Crippen LogP contribution in [0.25, 0.3) is 0 Å². The quantitative estimate of drug-likeness (QED) is 0.747. The summed E-state index contributed by atoms with van der Waals surface area (Å²) in [7, 11) is 0. The summed E-state index contributed by atoms with van der Waals surface area (Å²) in [6, 6.07) is -0.664. The van der Waals surface area contributed by atoms with Crippen molar-refractivity contribution in [3.63, 3.8) is 0 Å². The molecule has 21 heavy (non-hydrogen) atoms. The lowest BCUT2D eigenvalue weighted by Gasteiger charge is -2.20. The smallest absolute Gasteiger partial charge is 0.328 e. The molecule has 1 rings (SSSR count). The van der Waals surface area contributed by atoms with Crippen molar-refractivity contribution in [1.29, 1.82) is 0 Å². The molecule has 3 N–H and O–H groups in total. The normalized spacial score (nSPS) is 12.5. The third-order valence-electron chi connectivity index (χ3n) is 2.61. The molecule has 0 aliphatic heterocycles. The van der Waals surface area contributed by atoms with Crippen LogP contribution in [0.15, 0.2) is 5.38 Å². The number of nitrogens with one attached hydrogen (secondary N) is 1. The van der Waals surface area contributed by atoms with E-state index in [9.17, 15) is 9.59 Å². The number of carbonyl (C=O) groups excluding carboxylic acids is 2. The van der Waals surface area contributed by atoms with E-state index in [1.165, 1.54) is 11.3 Å². The number of carbonyl (C=O) groups is 2. The number of aromatic nitrogens is 1.